The Bertz CT molecular complexity index is 357. The standard InChI is InChI=1S/3C8H14/c3*1-2-8-6-4-3-5-7-8/h6H,2-5,7H2,1H3;2H,3-7H2,1H3;2,8H,1,3-7H2. The number of allylic oxidation sites excluding steroid dienone is 5. The molecule has 0 spiro atoms. The molecule has 0 radical (unpaired) electrons. The van der Waals surface area contributed by atoms with Crippen LogP contribution in [-0.2, 0) is 0 Å². The van der Waals surface area contributed by atoms with Crippen LogP contribution >= 0.6 is 0 Å². The van der Waals surface area contributed by atoms with Crippen molar-refractivity contribution in [1.29, 1.82) is 0 Å². The highest BCUT2D eigenvalue weighted by atomic mass is 14.1. The first kappa shape index (κ1) is 21.3. The maximum Gasteiger partial charge on any atom is -0.0236 e. The smallest absolute Gasteiger partial charge is 0.0236 e. The summed E-state index contributed by atoms with van der Waals surface area (Å²) in [5.41, 5.74) is 3.35. The van der Waals surface area contributed by atoms with Crippen molar-refractivity contribution in [2.24, 2.45) is 5.92 Å². The van der Waals surface area contributed by atoms with Crippen molar-refractivity contribution >= 4 is 0 Å². The van der Waals surface area contributed by atoms with Crippen LogP contribution in [0.3, 0.4) is 0 Å². The molecule has 0 amide bonds. The molecule has 2 saturated carbocycles. The van der Waals surface area contributed by atoms with Gasteiger partial charge in [-0.15, -0.1) is 6.58 Å². The van der Waals surface area contributed by atoms with Crippen molar-refractivity contribution in [3.8, 4) is 0 Å². The highest BCUT2D eigenvalue weighted by Crippen LogP contribution is 2.23. The molecule has 2 fully saturated rings. The van der Waals surface area contributed by atoms with Crippen LogP contribution in [0.2, 0.25) is 0 Å². The summed E-state index contributed by atoms with van der Waals surface area (Å²) in [4.78, 5) is 0. The maximum atomic E-state index is 3.78. The fourth-order valence-electron chi connectivity index (χ4n) is 3.89. The van der Waals surface area contributed by atoms with Gasteiger partial charge in [0.05, 0.1) is 0 Å². The fourth-order valence-corrected chi connectivity index (χ4v) is 3.89. The van der Waals surface area contributed by atoms with E-state index in [2.05, 4.69) is 38.7 Å². The molecule has 0 aromatic heterocycles. The lowest BCUT2D eigenvalue weighted by molar-refractivity contribution is 0.420. The molecule has 0 heterocycles. The van der Waals surface area contributed by atoms with E-state index >= 15 is 0 Å². The first-order chi connectivity index (χ1) is 11.8. The van der Waals surface area contributed by atoms with E-state index in [9.17, 15) is 0 Å². The highest BCUT2D eigenvalue weighted by molar-refractivity contribution is 5.03. The van der Waals surface area contributed by atoms with Gasteiger partial charge < -0.3 is 0 Å². The molecule has 0 N–H and O–H groups in total. The minimum atomic E-state index is 0.851. The van der Waals surface area contributed by atoms with Crippen molar-refractivity contribution in [2.75, 3.05) is 0 Å². The highest BCUT2D eigenvalue weighted by Gasteiger charge is 2.08. The van der Waals surface area contributed by atoms with Gasteiger partial charge in [0, 0.05) is 0 Å². The Labute approximate surface area is 152 Å². The summed E-state index contributed by atoms with van der Waals surface area (Å²) in [7, 11) is 0. The molecule has 0 heteroatoms. The summed E-state index contributed by atoms with van der Waals surface area (Å²) < 4.78 is 0. The lowest BCUT2D eigenvalue weighted by atomic mass is 9.90. The van der Waals surface area contributed by atoms with Crippen LogP contribution < -0.4 is 0 Å². The van der Waals surface area contributed by atoms with Gasteiger partial charge in [0.15, 0.2) is 0 Å². The molecule has 0 aliphatic heterocycles. The summed E-state index contributed by atoms with van der Waals surface area (Å²) in [5.74, 6) is 0.851. The molecule has 0 nitrogen and oxygen atoms in total. The van der Waals surface area contributed by atoms with Crippen LogP contribution in [-0.4, -0.2) is 0 Å². The fraction of sp³-hybridized carbons (Fsp3) is 0.750. The molecular weight excluding hydrogens is 288 g/mol. The zero-order valence-corrected chi connectivity index (χ0v) is 16.6. The normalized spacial score (nSPS) is 21.4. The van der Waals surface area contributed by atoms with Crippen molar-refractivity contribution in [3.05, 3.63) is 36.0 Å². The second-order valence-electron chi connectivity index (χ2n) is 7.60. The van der Waals surface area contributed by atoms with Crippen LogP contribution in [0, 0.1) is 5.92 Å². The topological polar surface area (TPSA) is 0 Å². The Balaban J connectivity index is 0.000000180. The van der Waals surface area contributed by atoms with E-state index in [0.717, 1.165) is 5.92 Å². The molecular formula is C24H42. The summed E-state index contributed by atoms with van der Waals surface area (Å²) >= 11 is 0. The second-order valence-corrected chi connectivity index (χ2v) is 7.60. The minimum Gasteiger partial charge on any atom is -0.103 e. The largest absolute Gasteiger partial charge is 0.103 e. The molecule has 3 aliphatic carbocycles. The molecule has 0 saturated heterocycles. The molecule has 138 valence electrons. The SMILES string of the molecule is C=CC1CCCCC1.CC=C1CCCCC1.CCC1=CCCCC1. The van der Waals surface area contributed by atoms with Crippen molar-refractivity contribution in [1.82, 2.24) is 0 Å². The van der Waals surface area contributed by atoms with E-state index in [0.29, 0.717) is 0 Å². The lowest BCUT2D eigenvalue weighted by Crippen LogP contribution is -2.01. The molecule has 0 aromatic carbocycles. The molecule has 0 aromatic rings. The van der Waals surface area contributed by atoms with Gasteiger partial charge >= 0.3 is 0 Å². The van der Waals surface area contributed by atoms with Crippen molar-refractivity contribution < 1.29 is 0 Å². The van der Waals surface area contributed by atoms with Gasteiger partial charge in [0.2, 0.25) is 0 Å². The Morgan fingerprint density at radius 3 is 1.92 bits per heavy atom. The zero-order valence-electron chi connectivity index (χ0n) is 16.6. The number of rotatable bonds is 2. The van der Waals surface area contributed by atoms with E-state index in [1.807, 2.05) is 0 Å². The van der Waals surface area contributed by atoms with Gasteiger partial charge in [-0.1, -0.05) is 62.0 Å². The predicted molar refractivity (Wildman–Crippen MR) is 110 cm³/mol. The Morgan fingerprint density at radius 1 is 0.917 bits per heavy atom. The number of hydrogen-bond donors (Lipinski definition) is 0. The van der Waals surface area contributed by atoms with E-state index in [4.69, 9.17) is 0 Å². The van der Waals surface area contributed by atoms with Gasteiger partial charge in [-0.05, 0) is 83.5 Å². The lowest BCUT2D eigenvalue weighted by Gasteiger charge is -2.16. The van der Waals surface area contributed by atoms with E-state index in [1.54, 1.807) is 11.1 Å². The first-order valence-corrected chi connectivity index (χ1v) is 10.7. The maximum absolute atomic E-state index is 3.78. The van der Waals surface area contributed by atoms with Crippen LogP contribution in [0.5, 0.6) is 0 Å². The third-order valence-corrected chi connectivity index (χ3v) is 5.73. The average molecular weight is 331 g/mol. The van der Waals surface area contributed by atoms with Crippen molar-refractivity contribution in [3.63, 3.8) is 0 Å². The van der Waals surface area contributed by atoms with E-state index in [1.165, 1.54) is 96.3 Å². The van der Waals surface area contributed by atoms with E-state index < -0.39 is 0 Å². The van der Waals surface area contributed by atoms with Crippen LogP contribution in [0.1, 0.15) is 110 Å². The molecule has 0 unspecified atom stereocenters. The first-order valence-electron chi connectivity index (χ1n) is 10.7. The predicted octanol–water partition coefficient (Wildman–Crippen LogP) is 8.55. The van der Waals surface area contributed by atoms with Gasteiger partial charge in [-0.25, -0.2) is 0 Å². The molecule has 3 aliphatic rings. The Kier molecular flexibility index (Phi) is 12.9. The quantitative estimate of drug-likeness (QED) is 0.445. The van der Waals surface area contributed by atoms with Gasteiger partial charge in [0.1, 0.15) is 0 Å². The minimum absolute atomic E-state index is 0.851. The Morgan fingerprint density at radius 2 is 1.54 bits per heavy atom. The monoisotopic (exact) mass is 330 g/mol. The molecule has 0 bridgehead atoms. The summed E-state index contributed by atoms with van der Waals surface area (Å²) in [6, 6.07) is 0. The third kappa shape index (κ3) is 10.2. The van der Waals surface area contributed by atoms with Gasteiger partial charge in [0.25, 0.3) is 0 Å². The summed E-state index contributed by atoms with van der Waals surface area (Å²) in [5, 5.41) is 0. The molecule has 0 atom stereocenters. The van der Waals surface area contributed by atoms with Crippen LogP contribution in [0.15, 0.2) is 36.0 Å². The Hall–Kier alpha value is -0.780. The van der Waals surface area contributed by atoms with Gasteiger partial charge in [-0.3, -0.25) is 0 Å². The summed E-state index contributed by atoms with van der Waals surface area (Å²) in [6.45, 7) is 8.18. The zero-order chi connectivity index (χ0) is 17.5. The van der Waals surface area contributed by atoms with Crippen LogP contribution in [0.4, 0.5) is 0 Å². The molecule has 24 heavy (non-hydrogen) atoms. The third-order valence-electron chi connectivity index (χ3n) is 5.73. The van der Waals surface area contributed by atoms with Gasteiger partial charge in [-0.2, -0.15) is 0 Å². The van der Waals surface area contributed by atoms with Crippen molar-refractivity contribution in [2.45, 2.75) is 110 Å². The van der Waals surface area contributed by atoms with Crippen LogP contribution in [0.25, 0.3) is 0 Å². The number of hydrogen-bond acceptors (Lipinski definition) is 0. The summed E-state index contributed by atoms with van der Waals surface area (Å²) in [6.07, 6.45) is 27.8. The van der Waals surface area contributed by atoms with E-state index in [-0.39, 0.29) is 0 Å². The molecule has 3 rings (SSSR count). The second kappa shape index (κ2) is 14.6. The average Bonchev–Trinajstić information content (AvgIpc) is 2.71.